The fraction of sp³-hybridized carbons (Fsp3) is 0.0417. The van der Waals surface area contributed by atoms with Gasteiger partial charge in [-0.25, -0.2) is 9.79 Å². The van der Waals surface area contributed by atoms with Crippen molar-refractivity contribution in [3.05, 3.63) is 98.4 Å². The van der Waals surface area contributed by atoms with Gasteiger partial charge in [-0.05, 0) is 78.0 Å². The Bertz CT molecular complexity index is 1270. The number of carbonyl (C=O) groups excluding carboxylic acids is 1. The van der Waals surface area contributed by atoms with Crippen molar-refractivity contribution < 1.29 is 19.4 Å². The third-order valence-corrected chi connectivity index (χ3v) is 5.96. The Labute approximate surface area is 203 Å². The van der Waals surface area contributed by atoms with Gasteiger partial charge >= 0.3 is 5.97 Å². The van der Waals surface area contributed by atoms with Crippen LogP contribution in [0.4, 0.5) is 5.69 Å². The average Bonchev–Trinajstić information content (AvgIpc) is 3.13. The summed E-state index contributed by atoms with van der Waals surface area (Å²) in [5.41, 5.74) is 2.31. The van der Waals surface area contributed by atoms with Crippen LogP contribution in [0.2, 0.25) is 10.0 Å². The van der Waals surface area contributed by atoms with E-state index in [-0.39, 0.29) is 18.1 Å². The van der Waals surface area contributed by atoms with Crippen LogP contribution in [0.3, 0.4) is 0 Å². The topological polar surface area (TPSA) is 88.0 Å². The molecule has 3 aromatic carbocycles. The molecule has 6 nitrogen and oxygen atoms in total. The lowest BCUT2D eigenvalue weighted by molar-refractivity contribution is -0.115. The molecule has 0 unspecified atom stereocenters. The van der Waals surface area contributed by atoms with Crippen LogP contribution in [0.25, 0.3) is 6.08 Å². The standard InChI is InChI=1S/C24H16Cl2N2O4S/c25-17-5-8-19(9-6-17)27-24-28-22(29)21(33-24)12-16-11-18(26)7-10-20(16)32-13-14-1-3-15(4-2-14)23(30)31/h1-12H,13H2,(H,30,31)(H,27,28,29)/b21-12-. The lowest BCUT2D eigenvalue weighted by Crippen LogP contribution is -2.19. The second-order valence-electron chi connectivity index (χ2n) is 6.93. The largest absolute Gasteiger partial charge is 0.488 e. The van der Waals surface area contributed by atoms with Crippen molar-refractivity contribution in [1.82, 2.24) is 5.32 Å². The van der Waals surface area contributed by atoms with Gasteiger partial charge in [-0.2, -0.15) is 0 Å². The van der Waals surface area contributed by atoms with Crippen molar-refractivity contribution in [2.75, 3.05) is 0 Å². The molecule has 1 heterocycles. The predicted octanol–water partition coefficient (Wildman–Crippen LogP) is 6.16. The van der Waals surface area contributed by atoms with Gasteiger partial charge in [0.05, 0.1) is 16.2 Å². The molecule has 1 fully saturated rings. The monoisotopic (exact) mass is 498 g/mol. The van der Waals surface area contributed by atoms with Crippen LogP contribution in [0, 0.1) is 0 Å². The Morgan fingerprint density at radius 2 is 1.73 bits per heavy atom. The first kappa shape index (κ1) is 22.9. The summed E-state index contributed by atoms with van der Waals surface area (Å²) in [6.07, 6.45) is 1.69. The third-order valence-electron chi connectivity index (χ3n) is 4.56. The normalized spacial score (nSPS) is 15.6. The van der Waals surface area contributed by atoms with Crippen LogP contribution in [0.15, 0.2) is 76.6 Å². The molecule has 1 aliphatic heterocycles. The number of ether oxygens (including phenoxy) is 1. The van der Waals surface area contributed by atoms with Crippen LogP contribution >= 0.6 is 35.0 Å². The van der Waals surface area contributed by atoms with E-state index in [4.69, 9.17) is 33.0 Å². The van der Waals surface area contributed by atoms with Crippen molar-refractivity contribution in [3.63, 3.8) is 0 Å². The number of amidine groups is 1. The molecule has 3 aromatic rings. The first-order valence-electron chi connectivity index (χ1n) is 9.67. The highest BCUT2D eigenvalue weighted by Crippen LogP contribution is 2.32. The maximum absolute atomic E-state index is 12.5. The highest BCUT2D eigenvalue weighted by molar-refractivity contribution is 8.18. The summed E-state index contributed by atoms with van der Waals surface area (Å²) in [5, 5.41) is 13.3. The fourth-order valence-electron chi connectivity index (χ4n) is 2.92. The number of carboxylic acids is 1. The molecule has 0 aromatic heterocycles. The minimum atomic E-state index is -0.986. The first-order valence-corrected chi connectivity index (χ1v) is 11.2. The van der Waals surface area contributed by atoms with Gasteiger partial charge in [0.2, 0.25) is 0 Å². The number of nitrogens with zero attached hydrogens (tertiary/aromatic N) is 1. The van der Waals surface area contributed by atoms with Crippen LogP contribution in [0.1, 0.15) is 21.5 Å². The molecule has 4 rings (SSSR count). The minimum Gasteiger partial charge on any atom is -0.488 e. The SMILES string of the molecule is O=C1NC(=Nc2ccc(Cl)cc2)S/C1=C\c1cc(Cl)ccc1OCc1ccc(C(=O)O)cc1. The van der Waals surface area contributed by atoms with E-state index in [0.717, 1.165) is 5.56 Å². The highest BCUT2D eigenvalue weighted by atomic mass is 35.5. The van der Waals surface area contributed by atoms with E-state index in [1.807, 2.05) is 0 Å². The summed E-state index contributed by atoms with van der Waals surface area (Å²) in [7, 11) is 0. The molecule has 1 amide bonds. The Hall–Kier alpha value is -3.26. The number of hydrogen-bond acceptors (Lipinski definition) is 5. The average molecular weight is 499 g/mol. The molecule has 166 valence electrons. The second-order valence-corrected chi connectivity index (χ2v) is 8.83. The molecule has 33 heavy (non-hydrogen) atoms. The van der Waals surface area contributed by atoms with E-state index >= 15 is 0 Å². The number of benzene rings is 3. The summed E-state index contributed by atoms with van der Waals surface area (Å²) in [6, 6.07) is 18.5. The molecule has 1 saturated heterocycles. The Morgan fingerprint density at radius 3 is 2.42 bits per heavy atom. The number of amides is 1. The summed E-state index contributed by atoms with van der Waals surface area (Å²) in [4.78, 5) is 28.3. The number of carbonyl (C=O) groups is 2. The number of nitrogens with one attached hydrogen (secondary N) is 1. The third kappa shape index (κ3) is 5.96. The zero-order chi connectivity index (χ0) is 23.4. The molecular formula is C24H16Cl2N2O4S. The van der Waals surface area contributed by atoms with Gasteiger partial charge in [-0.1, -0.05) is 35.3 Å². The number of aliphatic imine (C=N–C) groups is 1. The smallest absolute Gasteiger partial charge is 0.335 e. The molecular weight excluding hydrogens is 483 g/mol. The molecule has 2 N–H and O–H groups in total. The maximum Gasteiger partial charge on any atom is 0.335 e. The van der Waals surface area contributed by atoms with Crippen molar-refractivity contribution in [1.29, 1.82) is 0 Å². The number of rotatable bonds is 6. The first-order chi connectivity index (χ1) is 15.9. The number of aromatic carboxylic acids is 1. The minimum absolute atomic E-state index is 0.205. The second kappa shape index (κ2) is 10.1. The van der Waals surface area contributed by atoms with Gasteiger partial charge in [0.1, 0.15) is 12.4 Å². The van der Waals surface area contributed by atoms with Gasteiger partial charge in [0.25, 0.3) is 5.91 Å². The van der Waals surface area contributed by atoms with Gasteiger partial charge in [-0.15, -0.1) is 0 Å². The Kier molecular flexibility index (Phi) is 7.03. The van der Waals surface area contributed by atoms with E-state index in [1.165, 1.54) is 23.9 Å². The van der Waals surface area contributed by atoms with Gasteiger partial charge in [0.15, 0.2) is 5.17 Å². The highest BCUT2D eigenvalue weighted by Gasteiger charge is 2.24. The Morgan fingerprint density at radius 1 is 1.03 bits per heavy atom. The lowest BCUT2D eigenvalue weighted by atomic mass is 10.1. The summed E-state index contributed by atoms with van der Waals surface area (Å²) >= 11 is 13.3. The maximum atomic E-state index is 12.5. The van der Waals surface area contributed by atoms with Gasteiger partial charge in [-0.3, -0.25) is 4.79 Å². The van der Waals surface area contributed by atoms with Crippen LogP contribution in [0.5, 0.6) is 5.75 Å². The van der Waals surface area contributed by atoms with Crippen LogP contribution in [-0.4, -0.2) is 22.2 Å². The summed E-state index contributed by atoms with van der Waals surface area (Å²) < 4.78 is 5.92. The molecule has 0 radical (unpaired) electrons. The van der Waals surface area contributed by atoms with E-state index < -0.39 is 5.97 Å². The molecule has 0 bridgehead atoms. The zero-order valence-corrected chi connectivity index (χ0v) is 19.2. The number of halogens is 2. The van der Waals surface area contributed by atoms with Crippen LogP contribution < -0.4 is 10.1 Å². The molecule has 0 aliphatic carbocycles. The van der Waals surface area contributed by atoms with Crippen molar-refractivity contribution >= 4 is 63.8 Å². The summed E-state index contributed by atoms with van der Waals surface area (Å²) in [5.74, 6) is -0.728. The number of thioether (sulfide) groups is 1. The number of carboxylic acid groups (broad SMARTS) is 1. The molecule has 1 aliphatic rings. The number of hydrogen-bond donors (Lipinski definition) is 2. The lowest BCUT2D eigenvalue weighted by Gasteiger charge is -2.10. The fourth-order valence-corrected chi connectivity index (χ4v) is 4.06. The van der Waals surface area contributed by atoms with Gasteiger partial charge < -0.3 is 15.2 Å². The molecule has 9 heteroatoms. The van der Waals surface area contributed by atoms with E-state index in [1.54, 1.807) is 60.7 Å². The summed E-state index contributed by atoms with van der Waals surface area (Å²) in [6.45, 7) is 0.223. The van der Waals surface area contributed by atoms with Crippen LogP contribution in [-0.2, 0) is 11.4 Å². The molecule has 0 spiro atoms. The molecule has 0 atom stereocenters. The van der Waals surface area contributed by atoms with Gasteiger partial charge in [0, 0.05) is 15.6 Å². The predicted molar refractivity (Wildman–Crippen MR) is 131 cm³/mol. The van der Waals surface area contributed by atoms with Crippen molar-refractivity contribution in [2.45, 2.75) is 6.61 Å². The van der Waals surface area contributed by atoms with E-state index in [9.17, 15) is 9.59 Å². The van der Waals surface area contributed by atoms with E-state index in [2.05, 4.69) is 10.3 Å². The van der Waals surface area contributed by atoms with E-state index in [0.29, 0.717) is 37.1 Å². The molecule has 0 saturated carbocycles. The zero-order valence-electron chi connectivity index (χ0n) is 16.9. The quantitative estimate of drug-likeness (QED) is 0.397. The van der Waals surface area contributed by atoms with Crippen molar-refractivity contribution in [3.8, 4) is 5.75 Å². The van der Waals surface area contributed by atoms with Crippen molar-refractivity contribution in [2.24, 2.45) is 4.99 Å². The Balaban J connectivity index is 1.52.